The van der Waals surface area contributed by atoms with Gasteiger partial charge in [-0.2, -0.15) is 5.10 Å². The molecule has 1 aliphatic carbocycles. The molecule has 1 aliphatic heterocycles. The minimum absolute atomic E-state index is 0.786. The zero-order valence-electron chi connectivity index (χ0n) is 16.8. The molecule has 0 amide bonds. The summed E-state index contributed by atoms with van der Waals surface area (Å²) in [6.07, 6.45) is 6.55. The normalized spacial score (nSPS) is 17.2. The molecule has 0 aromatic carbocycles. The Kier molecular flexibility index (Phi) is 4.14. The Morgan fingerprint density at radius 1 is 0.786 bits per heavy atom. The van der Waals surface area contributed by atoms with Crippen LogP contribution in [0.4, 0.5) is 11.6 Å². The predicted molar refractivity (Wildman–Crippen MR) is 109 cm³/mol. The number of anilines is 2. The maximum absolute atomic E-state index is 4.83. The Balaban J connectivity index is 1.42. The molecule has 8 nitrogen and oxygen atoms in total. The predicted octanol–water partition coefficient (Wildman–Crippen LogP) is 1.98. The zero-order chi connectivity index (χ0) is 19.3. The molecule has 8 heteroatoms. The van der Waals surface area contributed by atoms with Crippen molar-refractivity contribution in [2.75, 3.05) is 36.0 Å². The second-order valence-corrected chi connectivity index (χ2v) is 7.80. The topological polar surface area (TPSA) is 75.9 Å². The number of rotatable bonds is 2. The molecule has 3 aromatic rings. The van der Waals surface area contributed by atoms with E-state index in [2.05, 4.69) is 19.9 Å². The lowest BCUT2D eigenvalue weighted by Gasteiger charge is -2.37. The largest absolute Gasteiger partial charge is 0.353 e. The third-order valence-corrected chi connectivity index (χ3v) is 5.84. The van der Waals surface area contributed by atoms with Crippen LogP contribution in [0.15, 0.2) is 6.20 Å². The molecule has 1 fully saturated rings. The molecule has 0 atom stereocenters. The van der Waals surface area contributed by atoms with Crippen molar-refractivity contribution in [3.8, 4) is 0 Å². The monoisotopic (exact) mass is 378 g/mol. The SMILES string of the molecule is Cc1nc2c(c(N3CCN(c4nc(C)nc5c4cnn5C)CC3)n1)CCCC2. The van der Waals surface area contributed by atoms with Gasteiger partial charge in [0, 0.05) is 44.5 Å². The average Bonchev–Trinajstić information content (AvgIpc) is 3.07. The molecule has 146 valence electrons. The highest BCUT2D eigenvalue weighted by atomic mass is 15.3. The number of hydrogen-bond acceptors (Lipinski definition) is 7. The fourth-order valence-corrected chi connectivity index (χ4v) is 4.44. The van der Waals surface area contributed by atoms with Gasteiger partial charge in [0.05, 0.1) is 11.6 Å². The van der Waals surface area contributed by atoms with Crippen molar-refractivity contribution in [1.82, 2.24) is 29.7 Å². The summed E-state index contributed by atoms with van der Waals surface area (Å²) >= 11 is 0. The van der Waals surface area contributed by atoms with Crippen molar-refractivity contribution in [3.63, 3.8) is 0 Å². The number of aromatic nitrogens is 6. The summed E-state index contributed by atoms with van der Waals surface area (Å²) in [7, 11) is 1.93. The minimum atomic E-state index is 0.786. The fraction of sp³-hybridized carbons (Fsp3) is 0.550. The van der Waals surface area contributed by atoms with Gasteiger partial charge >= 0.3 is 0 Å². The van der Waals surface area contributed by atoms with E-state index >= 15 is 0 Å². The summed E-state index contributed by atoms with van der Waals surface area (Å²) < 4.78 is 1.82. The van der Waals surface area contributed by atoms with E-state index in [0.717, 1.165) is 73.3 Å². The molecule has 0 N–H and O–H groups in total. The van der Waals surface area contributed by atoms with Crippen LogP contribution in [-0.4, -0.2) is 55.9 Å². The summed E-state index contributed by atoms with van der Waals surface area (Å²) in [6.45, 7) is 7.66. The summed E-state index contributed by atoms with van der Waals surface area (Å²) in [4.78, 5) is 23.6. The molecule has 2 aliphatic rings. The van der Waals surface area contributed by atoms with E-state index in [1.807, 2.05) is 31.8 Å². The van der Waals surface area contributed by atoms with Gasteiger partial charge in [0.15, 0.2) is 5.65 Å². The Morgan fingerprint density at radius 3 is 2.21 bits per heavy atom. The van der Waals surface area contributed by atoms with Crippen LogP contribution in [0.3, 0.4) is 0 Å². The first-order chi connectivity index (χ1) is 13.6. The number of aryl methyl sites for hydroxylation is 4. The second-order valence-electron chi connectivity index (χ2n) is 7.80. The van der Waals surface area contributed by atoms with E-state index in [4.69, 9.17) is 15.0 Å². The first-order valence-electron chi connectivity index (χ1n) is 10.1. The van der Waals surface area contributed by atoms with Crippen molar-refractivity contribution in [3.05, 3.63) is 29.1 Å². The number of hydrogen-bond donors (Lipinski definition) is 0. The van der Waals surface area contributed by atoms with Gasteiger partial charge in [-0.15, -0.1) is 0 Å². The Hall–Kier alpha value is -2.77. The molecule has 4 heterocycles. The molecule has 5 rings (SSSR count). The van der Waals surface area contributed by atoms with Crippen molar-refractivity contribution in [2.24, 2.45) is 7.05 Å². The first kappa shape index (κ1) is 17.3. The molecular formula is C20H26N8. The standard InChI is InChI=1S/C20H26N8/c1-13-22-17-7-5-4-6-15(17)19(24-13)27-8-10-28(11-9-27)20-16-12-21-26(3)18(16)23-14(2)25-20/h12H,4-11H2,1-3H3. The van der Waals surface area contributed by atoms with Gasteiger partial charge in [0.25, 0.3) is 0 Å². The third-order valence-electron chi connectivity index (χ3n) is 5.84. The van der Waals surface area contributed by atoms with Crippen LogP contribution < -0.4 is 9.80 Å². The van der Waals surface area contributed by atoms with Crippen molar-refractivity contribution in [1.29, 1.82) is 0 Å². The maximum atomic E-state index is 4.83. The molecule has 0 bridgehead atoms. The summed E-state index contributed by atoms with van der Waals surface area (Å²) in [5.41, 5.74) is 3.53. The molecule has 0 saturated carbocycles. The highest BCUT2D eigenvalue weighted by Crippen LogP contribution is 2.30. The van der Waals surface area contributed by atoms with Gasteiger partial charge in [0.2, 0.25) is 0 Å². The van der Waals surface area contributed by atoms with Gasteiger partial charge in [0.1, 0.15) is 23.3 Å². The first-order valence-corrected chi connectivity index (χ1v) is 10.1. The minimum Gasteiger partial charge on any atom is -0.353 e. The number of piperazine rings is 1. The fourth-order valence-electron chi connectivity index (χ4n) is 4.44. The highest BCUT2D eigenvalue weighted by molar-refractivity contribution is 5.87. The Morgan fingerprint density at radius 2 is 1.43 bits per heavy atom. The molecule has 0 radical (unpaired) electrons. The van der Waals surface area contributed by atoms with E-state index in [1.165, 1.54) is 24.1 Å². The smallest absolute Gasteiger partial charge is 0.163 e. The van der Waals surface area contributed by atoms with Gasteiger partial charge in [-0.25, -0.2) is 19.9 Å². The quantitative estimate of drug-likeness (QED) is 0.675. The van der Waals surface area contributed by atoms with Crippen LogP contribution in [0.1, 0.15) is 35.7 Å². The Bertz CT molecular complexity index is 1030. The van der Waals surface area contributed by atoms with Gasteiger partial charge < -0.3 is 9.80 Å². The maximum Gasteiger partial charge on any atom is 0.163 e. The summed E-state index contributed by atoms with van der Waals surface area (Å²) in [5.74, 6) is 3.83. The van der Waals surface area contributed by atoms with Crippen molar-refractivity contribution in [2.45, 2.75) is 39.5 Å². The highest BCUT2D eigenvalue weighted by Gasteiger charge is 2.26. The van der Waals surface area contributed by atoms with E-state index in [0.29, 0.717) is 0 Å². The third kappa shape index (κ3) is 2.87. The van der Waals surface area contributed by atoms with Gasteiger partial charge in [-0.05, 0) is 39.5 Å². The lowest BCUT2D eigenvalue weighted by molar-refractivity contribution is 0.617. The lowest BCUT2D eigenvalue weighted by atomic mass is 9.96. The molecule has 0 spiro atoms. The number of nitrogens with zero attached hydrogens (tertiary/aromatic N) is 8. The van der Waals surface area contributed by atoms with Gasteiger partial charge in [-0.3, -0.25) is 4.68 Å². The Labute approximate surface area is 164 Å². The van der Waals surface area contributed by atoms with E-state index in [9.17, 15) is 0 Å². The van der Waals surface area contributed by atoms with Crippen LogP contribution >= 0.6 is 0 Å². The summed E-state index contributed by atoms with van der Waals surface area (Å²) in [6, 6.07) is 0. The average molecular weight is 378 g/mol. The van der Waals surface area contributed by atoms with Crippen molar-refractivity contribution < 1.29 is 0 Å². The van der Waals surface area contributed by atoms with Crippen LogP contribution in [-0.2, 0) is 19.9 Å². The molecule has 1 saturated heterocycles. The van der Waals surface area contributed by atoms with E-state index in [1.54, 1.807) is 0 Å². The van der Waals surface area contributed by atoms with Crippen LogP contribution in [0.2, 0.25) is 0 Å². The number of fused-ring (bicyclic) bond motifs is 2. The molecule has 3 aromatic heterocycles. The van der Waals surface area contributed by atoms with Crippen LogP contribution in [0.25, 0.3) is 11.0 Å². The lowest BCUT2D eigenvalue weighted by Crippen LogP contribution is -2.47. The molecule has 0 unspecified atom stereocenters. The van der Waals surface area contributed by atoms with Crippen LogP contribution in [0.5, 0.6) is 0 Å². The summed E-state index contributed by atoms with van der Waals surface area (Å²) in [5, 5.41) is 5.40. The van der Waals surface area contributed by atoms with E-state index < -0.39 is 0 Å². The van der Waals surface area contributed by atoms with E-state index in [-0.39, 0.29) is 0 Å². The second kappa shape index (κ2) is 6.68. The van der Waals surface area contributed by atoms with Gasteiger partial charge in [-0.1, -0.05) is 0 Å². The molecular weight excluding hydrogens is 352 g/mol. The molecule has 28 heavy (non-hydrogen) atoms. The van der Waals surface area contributed by atoms with Crippen LogP contribution in [0, 0.1) is 13.8 Å². The van der Waals surface area contributed by atoms with Crippen molar-refractivity contribution >= 4 is 22.7 Å². The zero-order valence-corrected chi connectivity index (χ0v) is 16.8.